The number of rotatable bonds is 11. The van der Waals surface area contributed by atoms with Crippen molar-refractivity contribution in [2.24, 2.45) is 11.5 Å². The fourth-order valence-electron chi connectivity index (χ4n) is 4.47. The van der Waals surface area contributed by atoms with E-state index in [1.807, 2.05) is 23.1 Å². The smallest absolute Gasteiger partial charge is 0.239 e. The van der Waals surface area contributed by atoms with Crippen LogP contribution >= 0.6 is 0 Å². The van der Waals surface area contributed by atoms with Crippen molar-refractivity contribution in [1.29, 1.82) is 0 Å². The maximum absolute atomic E-state index is 13.1. The number of carbonyl (C=O) groups is 1. The van der Waals surface area contributed by atoms with E-state index in [2.05, 4.69) is 47.4 Å². The lowest BCUT2D eigenvalue weighted by atomic mass is 10.0. The van der Waals surface area contributed by atoms with Crippen molar-refractivity contribution >= 4 is 5.91 Å². The summed E-state index contributed by atoms with van der Waals surface area (Å²) in [4.78, 5) is 17.7. The number of benzene rings is 2. The third kappa shape index (κ3) is 7.46. The Morgan fingerprint density at radius 1 is 0.935 bits per heavy atom. The van der Waals surface area contributed by atoms with Gasteiger partial charge in [0.25, 0.3) is 0 Å². The van der Waals surface area contributed by atoms with E-state index in [4.69, 9.17) is 11.5 Å². The van der Waals surface area contributed by atoms with Crippen LogP contribution in [-0.4, -0.2) is 60.5 Å². The number of nitrogens with zero attached hydrogens (tertiary/aromatic N) is 2. The quantitative estimate of drug-likeness (QED) is 0.584. The van der Waals surface area contributed by atoms with E-state index in [9.17, 15) is 4.79 Å². The molecule has 1 fully saturated rings. The highest BCUT2D eigenvalue weighted by molar-refractivity contribution is 5.82. The van der Waals surface area contributed by atoms with Gasteiger partial charge in [0, 0.05) is 25.7 Å². The second kappa shape index (κ2) is 12.6. The van der Waals surface area contributed by atoms with Crippen LogP contribution in [0.3, 0.4) is 0 Å². The molecule has 0 bridgehead atoms. The summed E-state index contributed by atoms with van der Waals surface area (Å²) >= 11 is 0. The lowest BCUT2D eigenvalue weighted by molar-refractivity contribution is -0.138. The molecule has 5 heteroatoms. The summed E-state index contributed by atoms with van der Waals surface area (Å²) in [6.07, 6.45) is 5.63. The number of hydrogen-bond acceptors (Lipinski definition) is 4. The van der Waals surface area contributed by atoms with Gasteiger partial charge in [-0.2, -0.15) is 0 Å². The molecule has 0 radical (unpaired) electrons. The molecule has 2 aromatic rings. The van der Waals surface area contributed by atoms with Crippen molar-refractivity contribution in [2.45, 2.75) is 50.6 Å². The summed E-state index contributed by atoms with van der Waals surface area (Å²) in [6, 6.07) is 20.7. The van der Waals surface area contributed by atoms with Crippen LogP contribution in [-0.2, 0) is 17.6 Å². The zero-order chi connectivity index (χ0) is 21.9. The first kappa shape index (κ1) is 23.5. The first-order valence-corrected chi connectivity index (χ1v) is 11.7. The average Bonchev–Trinajstić information content (AvgIpc) is 2.82. The highest BCUT2D eigenvalue weighted by Gasteiger charge is 2.32. The normalized spacial score (nSPS) is 18.1. The van der Waals surface area contributed by atoms with Gasteiger partial charge in [0.15, 0.2) is 0 Å². The van der Waals surface area contributed by atoms with E-state index in [1.54, 1.807) is 0 Å². The SMILES string of the molecule is NCCC[C@H]1CN(CCCc2ccccc2)CCN1C(=O)[C@@H](N)CCc1ccccc1. The third-order valence-electron chi connectivity index (χ3n) is 6.28. The fraction of sp³-hybridized carbons (Fsp3) is 0.500. The van der Waals surface area contributed by atoms with Gasteiger partial charge in [-0.15, -0.1) is 0 Å². The monoisotopic (exact) mass is 422 g/mol. The zero-order valence-electron chi connectivity index (χ0n) is 18.7. The topological polar surface area (TPSA) is 75.6 Å². The Hall–Kier alpha value is -2.21. The van der Waals surface area contributed by atoms with Crippen LogP contribution < -0.4 is 11.5 Å². The molecule has 5 nitrogen and oxygen atoms in total. The largest absolute Gasteiger partial charge is 0.336 e. The molecule has 0 aliphatic carbocycles. The number of aryl methyl sites for hydroxylation is 2. The molecular formula is C26H38N4O. The van der Waals surface area contributed by atoms with Crippen LogP contribution in [0.2, 0.25) is 0 Å². The van der Waals surface area contributed by atoms with Crippen LogP contribution in [0.5, 0.6) is 0 Å². The number of piperazine rings is 1. The number of carbonyl (C=O) groups excluding carboxylic acids is 1. The first-order valence-electron chi connectivity index (χ1n) is 11.7. The molecule has 0 aromatic heterocycles. The van der Waals surface area contributed by atoms with Gasteiger partial charge in [-0.3, -0.25) is 9.69 Å². The molecule has 1 aliphatic rings. The lowest BCUT2D eigenvalue weighted by Crippen LogP contribution is -2.58. The molecule has 1 amide bonds. The molecule has 1 saturated heterocycles. The van der Waals surface area contributed by atoms with E-state index < -0.39 is 6.04 Å². The summed E-state index contributed by atoms with van der Waals surface area (Å²) < 4.78 is 0. The van der Waals surface area contributed by atoms with Gasteiger partial charge in [0.05, 0.1) is 6.04 Å². The molecule has 0 spiro atoms. The Bertz CT molecular complexity index is 767. The second-order valence-electron chi connectivity index (χ2n) is 8.64. The van der Waals surface area contributed by atoms with Crippen LogP contribution in [0.25, 0.3) is 0 Å². The molecule has 3 rings (SSSR count). The molecule has 0 saturated carbocycles. The van der Waals surface area contributed by atoms with E-state index in [-0.39, 0.29) is 11.9 Å². The number of nitrogens with two attached hydrogens (primary N) is 2. The van der Waals surface area contributed by atoms with Gasteiger partial charge in [-0.05, 0) is 62.7 Å². The predicted octanol–water partition coefficient (Wildman–Crippen LogP) is 2.83. The Labute approximate surface area is 187 Å². The van der Waals surface area contributed by atoms with Gasteiger partial charge in [-0.25, -0.2) is 0 Å². The zero-order valence-corrected chi connectivity index (χ0v) is 18.7. The van der Waals surface area contributed by atoms with Gasteiger partial charge >= 0.3 is 0 Å². The fourth-order valence-corrected chi connectivity index (χ4v) is 4.47. The van der Waals surface area contributed by atoms with Crippen molar-refractivity contribution in [2.75, 3.05) is 32.7 Å². The predicted molar refractivity (Wildman–Crippen MR) is 128 cm³/mol. The van der Waals surface area contributed by atoms with Crippen molar-refractivity contribution in [3.63, 3.8) is 0 Å². The Morgan fingerprint density at radius 3 is 2.23 bits per heavy atom. The molecule has 2 atom stereocenters. The molecule has 31 heavy (non-hydrogen) atoms. The summed E-state index contributed by atoms with van der Waals surface area (Å²) in [5.74, 6) is 0.0990. The molecule has 0 unspecified atom stereocenters. The standard InChI is InChI=1S/C26H38N4O/c27-17-7-14-24-21-29(18-8-13-22-9-3-1-4-10-22)19-20-30(24)26(31)25(28)16-15-23-11-5-2-6-12-23/h1-6,9-12,24-25H,7-8,13-21,27-28H2/t24-,25-/m0/s1. The molecule has 2 aromatic carbocycles. The molecule has 1 heterocycles. The van der Waals surface area contributed by atoms with Crippen molar-refractivity contribution in [1.82, 2.24) is 9.80 Å². The average molecular weight is 423 g/mol. The number of hydrogen-bond donors (Lipinski definition) is 2. The van der Waals surface area contributed by atoms with Crippen LogP contribution in [0.4, 0.5) is 0 Å². The highest BCUT2D eigenvalue weighted by atomic mass is 16.2. The molecule has 168 valence electrons. The second-order valence-corrected chi connectivity index (χ2v) is 8.64. The van der Waals surface area contributed by atoms with Crippen molar-refractivity contribution in [3.05, 3.63) is 71.8 Å². The van der Waals surface area contributed by atoms with Gasteiger partial charge < -0.3 is 16.4 Å². The Morgan fingerprint density at radius 2 is 1.58 bits per heavy atom. The lowest BCUT2D eigenvalue weighted by Gasteiger charge is -2.42. The minimum absolute atomic E-state index is 0.0990. The minimum atomic E-state index is -0.440. The van der Waals surface area contributed by atoms with E-state index in [1.165, 1.54) is 11.1 Å². The van der Waals surface area contributed by atoms with E-state index in [0.717, 1.165) is 58.3 Å². The minimum Gasteiger partial charge on any atom is -0.336 e. The highest BCUT2D eigenvalue weighted by Crippen LogP contribution is 2.18. The van der Waals surface area contributed by atoms with Crippen molar-refractivity contribution in [3.8, 4) is 0 Å². The van der Waals surface area contributed by atoms with E-state index >= 15 is 0 Å². The number of amides is 1. The maximum Gasteiger partial charge on any atom is 0.239 e. The van der Waals surface area contributed by atoms with Gasteiger partial charge in [0.1, 0.15) is 0 Å². The molecule has 1 aliphatic heterocycles. The summed E-state index contributed by atoms with van der Waals surface area (Å²) in [5.41, 5.74) is 14.7. The molecule has 4 N–H and O–H groups in total. The van der Waals surface area contributed by atoms with Crippen LogP contribution in [0.15, 0.2) is 60.7 Å². The Kier molecular flexibility index (Phi) is 9.53. The first-order chi connectivity index (χ1) is 15.2. The summed E-state index contributed by atoms with van der Waals surface area (Å²) in [7, 11) is 0. The Balaban J connectivity index is 1.50. The van der Waals surface area contributed by atoms with Crippen molar-refractivity contribution < 1.29 is 4.79 Å². The van der Waals surface area contributed by atoms with Gasteiger partial charge in [0.2, 0.25) is 5.91 Å². The summed E-state index contributed by atoms with van der Waals surface area (Å²) in [6.45, 7) is 4.33. The van der Waals surface area contributed by atoms with Crippen LogP contribution in [0.1, 0.15) is 36.8 Å². The molecular weight excluding hydrogens is 384 g/mol. The van der Waals surface area contributed by atoms with Gasteiger partial charge in [-0.1, -0.05) is 60.7 Å². The maximum atomic E-state index is 13.1. The van der Waals surface area contributed by atoms with E-state index in [0.29, 0.717) is 13.0 Å². The summed E-state index contributed by atoms with van der Waals surface area (Å²) in [5, 5.41) is 0. The van der Waals surface area contributed by atoms with Crippen LogP contribution in [0, 0.1) is 0 Å². The third-order valence-corrected chi connectivity index (χ3v) is 6.28.